The van der Waals surface area contributed by atoms with Gasteiger partial charge < -0.3 is 14.9 Å². The van der Waals surface area contributed by atoms with E-state index in [0.29, 0.717) is 24.6 Å². The minimum atomic E-state index is -0.950. The molecule has 1 amide bonds. The zero-order valence-electron chi connectivity index (χ0n) is 15.1. The summed E-state index contributed by atoms with van der Waals surface area (Å²) < 4.78 is 5.15. The molecule has 1 aromatic heterocycles. The summed E-state index contributed by atoms with van der Waals surface area (Å²) in [6, 6.07) is 8.57. The molecule has 0 spiro atoms. The van der Waals surface area contributed by atoms with Gasteiger partial charge in [-0.25, -0.2) is 0 Å². The maximum absolute atomic E-state index is 12.3. The molecule has 1 aromatic carbocycles. The first-order valence-corrected chi connectivity index (χ1v) is 8.89. The Morgan fingerprint density at radius 3 is 2.62 bits per heavy atom. The summed E-state index contributed by atoms with van der Waals surface area (Å²) >= 11 is 0. The van der Waals surface area contributed by atoms with E-state index in [2.05, 4.69) is 15.5 Å². The number of carboxylic acid groups (broad SMARTS) is 1. The Hall–Kier alpha value is -2.70. The normalized spacial score (nSPS) is 13.2. The predicted molar refractivity (Wildman–Crippen MR) is 95.4 cm³/mol. The van der Waals surface area contributed by atoms with Gasteiger partial charge in [0, 0.05) is 19.3 Å². The van der Waals surface area contributed by atoms with Gasteiger partial charge in [0.15, 0.2) is 5.82 Å². The van der Waals surface area contributed by atoms with Crippen LogP contribution in [-0.2, 0) is 22.4 Å². The van der Waals surface area contributed by atoms with E-state index in [1.165, 1.54) is 0 Å². The maximum Gasteiger partial charge on any atom is 0.308 e. The number of hydrogen-bond acceptors (Lipinski definition) is 5. The van der Waals surface area contributed by atoms with Crippen LogP contribution in [0.25, 0.3) is 0 Å². The van der Waals surface area contributed by atoms with Crippen LogP contribution in [0.15, 0.2) is 34.9 Å². The first-order chi connectivity index (χ1) is 12.5. The monoisotopic (exact) mass is 359 g/mol. The van der Waals surface area contributed by atoms with Gasteiger partial charge in [-0.3, -0.25) is 9.59 Å². The predicted octanol–water partition coefficient (Wildman–Crippen LogP) is 2.92. The summed E-state index contributed by atoms with van der Waals surface area (Å²) in [5, 5.41) is 16.0. The van der Waals surface area contributed by atoms with E-state index in [4.69, 9.17) is 4.52 Å². The quantitative estimate of drug-likeness (QED) is 0.676. The first kappa shape index (κ1) is 19.6. The number of carboxylic acids is 1. The molecule has 2 rings (SSSR count). The molecule has 26 heavy (non-hydrogen) atoms. The van der Waals surface area contributed by atoms with E-state index in [0.717, 1.165) is 18.4 Å². The Morgan fingerprint density at radius 1 is 1.23 bits per heavy atom. The Bertz CT molecular complexity index is 715. The lowest BCUT2D eigenvalue weighted by Crippen LogP contribution is -2.35. The lowest BCUT2D eigenvalue weighted by Gasteiger charge is -2.23. The standard InChI is InChI=1S/C19H25N3O4/c1-3-8-15-20-17(26-22-15)12-7-11-16(23)21-18(13(2)19(24)25)14-9-5-4-6-10-14/h4-6,9-10,13,18H,3,7-8,11-12H2,1-2H3,(H,21,23)(H,24,25). The third-order valence-corrected chi connectivity index (χ3v) is 4.14. The van der Waals surface area contributed by atoms with Crippen molar-refractivity contribution in [2.75, 3.05) is 0 Å². The number of aryl methyl sites for hydroxylation is 2. The Balaban J connectivity index is 1.89. The molecule has 2 unspecified atom stereocenters. The van der Waals surface area contributed by atoms with E-state index in [-0.39, 0.29) is 12.3 Å². The van der Waals surface area contributed by atoms with Crippen LogP contribution in [0.1, 0.15) is 56.4 Å². The lowest BCUT2D eigenvalue weighted by atomic mass is 9.94. The van der Waals surface area contributed by atoms with Gasteiger partial charge in [-0.15, -0.1) is 0 Å². The van der Waals surface area contributed by atoms with Gasteiger partial charge in [0.2, 0.25) is 11.8 Å². The fourth-order valence-corrected chi connectivity index (χ4v) is 2.66. The second-order valence-electron chi connectivity index (χ2n) is 6.29. The molecule has 0 fully saturated rings. The van der Waals surface area contributed by atoms with Crippen LogP contribution < -0.4 is 5.32 Å². The molecule has 0 aliphatic carbocycles. The molecule has 2 N–H and O–H groups in total. The summed E-state index contributed by atoms with van der Waals surface area (Å²) in [7, 11) is 0. The highest BCUT2D eigenvalue weighted by Crippen LogP contribution is 2.22. The fourth-order valence-electron chi connectivity index (χ4n) is 2.66. The van der Waals surface area contributed by atoms with E-state index >= 15 is 0 Å². The molecule has 0 aliphatic rings. The Labute approximate surface area is 152 Å². The number of rotatable bonds is 10. The smallest absolute Gasteiger partial charge is 0.308 e. The largest absolute Gasteiger partial charge is 0.481 e. The maximum atomic E-state index is 12.3. The van der Waals surface area contributed by atoms with Gasteiger partial charge in [-0.1, -0.05) is 42.4 Å². The van der Waals surface area contributed by atoms with E-state index in [9.17, 15) is 14.7 Å². The zero-order valence-corrected chi connectivity index (χ0v) is 15.1. The van der Waals surface area contributed by atoms with E-state index in [1.54, 1.807) is 6.92 Å². The molecule has 140 valence electrons. The van der Waals surface area contributed by atoms with E-state index < -0.39 is 17.9 Å². The van der Waals surface area contributed by atoms with Crippen LogP contribution in [0.2, 0.25) is 0 Å². The summed E-state index contributed by atoms with van der Waals surface area (Å²) in [5.74, 6) is -0.659. The van der Waals surface area contributed by atoms with Crippen LogP contribution in [0.4, 0.5) is 0 Å². The second-order valence-corrected chi connectivity index (χ2v) is 6.29. The van der Waals surface area contributed by atoms with Crippen molar-refractivity contribution in [3.05, 3.63) is 47.6 Å². The molecular weight excluding hydrogens is 334 g/mol. The average Bonchev–Trinajstić information content (AvgIpc) is 3.07. The molecule has 0 aliphatic heterocycles. The molecule has 1 heterocycles. The number of nitrogens with one attached hydrogen (secondary N) is 1. The molecule has 7 heteroatoms. The number of amides is 1. The van der Waals surface area contributed by atoms with Crippen molar-refractivity contribution >= 4 is 11.9 Å². The SMILES string of the molecule is CCCc1noc(CCCC(=O)NC(c2ccccc2)C(C)C(=O)O)n1. The Kier molecular flexibility index (Phi) is 7.32. The zero-order chi connectivity index (χ0) is 18.9. The molecule has 0 radical (unpaired) electrons. The highest BCUT2D eigenvalue weighted by Gasteiger charge is 2.26. The van der Waals surface area contributed by atoms with Crippen molar-refractivity contribution < 1.29 is 19.2 Å². The number of carbonyl (C=O) groups excluding carboxylic acids is 1. The average molecular weight is 359 g/mol. The number of hydrogen-bond donors (Lipinski definition) is 2. The van der Waals surface area contributed by atoms with Crippen LogP contribution in [0, 0.1) is 5.92 Å². The number of carbonyl (C=O) groups is 2. The van der Waals surface area contributed by atoms with Crippen molar-refractivity contribution in [2.24, 2.45) is 5.92 Å². The van der Waals surface area contributed by atoms with Crippen molar-refractivity contribution in [3.8, 4) is 0 Å². The summed E-state index contributed by atoms with van der Waals surface area (Å²) in [6.45, 7) is 3.63. The third kappa shape index (κ3) is 5.68. The molecule has 0 saturated carbocycles. The topological polar surface area (TPSA) is 105 Å². The fraction of sp³-hybridized carbons (Fsp3) is 0.474. The highest BCUT2D eigenvalue weighted by molar-refractivity contribution is 5.78. The van der Waals surface area contributed by atoms with Crippen molar-refractivity contribution in [3.63, 3.8) is 0 Å². The summed E-state index contributed by atoms with van der Waals surface area (Å²) in [4.78, 5) is 27.9. The number of aliphatic carboxylic acids is 1. The van der Waals surface area contributed by atoms with Gasteiger partial charge in [0.25, 0.3) is 0 Å². The number of benzene rings is 1. The first-order valence-electron chi connectivity index (χ1n) is 8.89. The van der Waals surface area contributed by atoms with Crippen molar-refractivity contribution in [1.29, 1.82) is 0 Å². The molecule has 0 saturated heterocycles. The van der Waals surface area contributed by atoms with Crippen LogP contribution in [-0.4, -0.2) is 27.1 Å². The van der Waals surface area contributed by atoms with Crippen LogP contribution in [0.3, 0.4) is 0 Å². The van der Waals surface area contributed by atoms with Crippen LogP contribution >= 0.6 is 0 Å². The van der Waals surface area contributed by atoms with Crippen molar-refractivity contribution in [2.45, 2.75) is 52.0 Å². The minimum absolute atomic E-state index is 0.194. The number of aromatic nitrogens is 2. The van der Waals surface area contributed by atoms with Gasteiger partial charge in [-0.05, 0) is 25.3 Å². The minimum Gasteiger partial charge on any atom is -0.481 e. The summed E-state index contributed by atoms with van der Waals surface area (Å²) in [6.07, 6.45) is 3.07. The van der Waals surface area contributed by atoms with Crippen LogP contribution in [0.5, 0.6) is 0 Å². The second kappa shape index (κ2) is 9.70. The molecule has 7 nitrogen and oxygen atoms in total. The summed E-state index contributed by atoms with van der Waals surface area (Å²) in [5.41, 5.74) is 0.775. The molecule has 0 bridgehead atoms. The van der Waals surface area contributed by atoms with Crippen molar-refractivity contribution in [1.82, 2.24) is 15.5 Å². The lowest BCUT2D eigenvalue weighted by molar-refractivity contribution is -0.142. The van der Waals surface area contributed by atoms with Gasteiger partial charge in [0.05, 0.1) is 12.0 Å². The highest BCUT2D eigenvalue weighted by atomic mass is 16.5. The Morgan fingerprint density at radius 2 is 1.96 bits per heavy atom. The van der Waals surface area contributed by atoms with Gasteiger partial charge >= 0.3 is 5.97 Å². The van der Waals surface area contributed by atoms with E-state index in [1.807, 2.05) is 37.3 Å². The molecule has 2 atom stereocenters. The number of nitrogens with zero attached hydrogens (tertiary/aromatic N) is 2. The van der Waals surface area contributed by atoms with Gasteiger partial charge in [-0.2, -0.15) is 4.98 Å². The third-order valence-electron chi connectivity index (χ3n) is 4.14. The van der Waals surface area contributed by atoms with Gasteiger partial charge in [0.1, 0.15) is 0 Å². The molecule has 2 aromatic rings. The molecular formula is C19H25N3O4.